The van der Waals surface area contributed by atoms with E-state index in [-0.39, 0.29) is 11.7 Å². The fourth-order valence-electron chi connectivity index (χ4n) is 2.90. The van der Waals surface area contributed by atoms with E-state index in [9.17, 15) is 4.39 Å². The van der Waals surface area contributed by atoms with Gasteiger partial charge >= 0.3 is 0 Å². The number of halogens is 2. The van der Waals surface area contributed by atoms with Gasteiger partial charge in [-0.1, -0.05) is 11.6 Å². The lowest BCUT2D eigenvalue weighted by Gasteiger charge is -2.29. The number of nitrogens with zero attached hydrogens (tertiary/aromatic N) is 6. The molecule has 124 valence electrons. The van der Waals surface area contributed by atoms with Gasteiger partial charge < -0.3 is 9.80 Å². The van der Waals surface area contributed by atoms with Gasteiger partial charge in [0.1, 0.15) is 30.2 Å². The molecule has 0 N–H and O–H groups in total. The molecule has 1 saturated heterocycles. The quantitative estimate of drug-likeness (QED) is 0.847. The van der Waals surface area contributed by atoms with E-state index in [4.69, 9.17) is 16.9 Å². The maximum atomic E-state index is 14.0. The van der Waals surface area contributed by atoms with Crippen LogP contribution in [0, 0.1) is 11.3 Å². The van der Waals surface area contributed by atoms with Crippen molar-refractivity contribution < 1.29 is 4.39 Å². The summed E-state index contributed by atoms with van der Waals surface area (Å²) in [5, 5.41) is 9.37. The molecule has 1 aliphatic rings. The van der Waals surface area contributed by atoms with Crippen molar-refractivity contribution in [2.45, 2.75) is 18.6 Å². The average Bonchev–Trinajstić information content (AvgIpc) is 2.96. The molecule has 8 heteroatoms. The maximum absolute atomic E-state index is 14.0. The highest BCUT2D eigenvalue weighted by Crippen LogP contribution is 2.27. The number of anilines is 2. The Bertz CT molecular complexity index is 750. The van der Waals surface area contributed by atoms with Gasteiger partial charge in [-0.15, -0.1) is 0 Å². The Morgan fingerprint density at radius 1 is 1.46 bits per heavy atom. The molecule has 0 saturated carbocycles. The molecule has 2 aromatic rings. The molecule has 3 heterocycles. The molecule has 0 bridgehead atoms. The van der Waals surface area contributed by atoms with E-state index in [1.807, 2.05) is 22.9 Å². The van der Waals surface area contributed by atoms with Crippen molar-refractivity contribution in [3.05, 3.63) is 41.4 Å². The molecular weight excluding hydrogens is 331 g/mol. The molecule has 0 amide bonds. The van der Waals surface area contributed by atoms with Crippen LogP contribution >= 0.6 is 11.6 Å². The molecule has 2 aromatic heterocycles. The lowest BCUT2D eigenvalue weighted by Crippen LogP contribution is -2.39. The first-order chi connectivity index (χ1) is 11.6. The van der Waals surface area contributed by atoms with E-state index in [0.717, 1.165) is 0 Å². The Kier molecular flexibility index (Phi) is 4.76. The fraction of sp³-hybridized carbons (Fsp3) is 0.375. The molecule has 0 aliphatic carbocycles. The van der Waals surface area contributed by atoms with Gasteiger partial charge in [0.25, 0.3) is 0 Å². The van der Waals surface area contributed by atoms with Crippen LogP contribution in [0.25, 0.3) is 0 Å². The highest BCUT2D eigenvalue weighted by atomic mass is 35.5. The number of hydrogen-bond donors (Lipinski definition) is 0. The summed E-state index contributed by atoms with van der Waals surface area (Å²) in [5.41, 5.74) is 0.184. The number of pyridine rings is 1. The van der Waals surface area contributed by atoms with E-state index in [0.29, 0.717) is 36.2 Å². The smallest absolute Gasteiger partial charge is 0.161 e. The van der Waals surface area contributed by atoms with Gasteiger partial charge in [0.05, 0.1) is 17.6 Å². The van der Waals surface area contributed by atoms with Crippen LogP contribution in [0.4, 0.5) is 16.0 Å². The molecule has 2 atom stereocenters. The Morgan fingerprint density at radius 3 is 3.00 bits per heavy atom. The van der Waals surface area contributed by atoms with Crippen LogP contribution in [0.3, 0.4) is 0 Å². The van der Waals surface area contributed by atoms with Crippen LogP contribution in [-0.4, -0.2) is 47.3 Å². The van der Waals surface area contributed by atoms with E-state index < -0.39 is 6.17 Å². The summed E-state index contributed by atoms with van der Waals surface area (Å²) in [6.07, 6.45) is 2.63. The van der Waals surface area contributed by atoms with Crippen LogP contribution in [-0.2, 0) is 0 Å². The standard InChI is InChI=1S/C16H16ClFN6/c1-23(16-3-2-13(17)14(7-19)22-16)9-12-6-11(18)8-24(12)15-4-5-20-10-21-15/h2-5,10-12H,6,8-9H2,1H3/t11-,12-/m0/s1. The molecular formula is C16H16ClFN6. The SMILES string of the molecule is CN(C[C@@H]1C[C@H](F)CN1c1ccncn1)c1ccc(Cl)c(C#N)n1. The largest absolute Gasteiger partial charge is 0.358 e. The normalized spacial score (nSPS) is 20.0. The third-order valence-corrected chi connectivity index (χ3v) is 4.34. The van der Waals surface area contributed by atoms with Gasteiger partial charge in [0, 0.05) is 26.2 Å². The van der Waals surface area contributed by atoms with E-state index in [2.05, 4.69) is 15.0 Å². The van der Waals surface area contributed by atoms with Crippen molar-refractivity contribution in [3.8, 4) is 6.07 Å². The Morgan fingerprint density at radius 2 is 2.29 bits per heavy atom. The zero-order valence-electron chi connectivity index (χ0n) is 13.1. The van der Waals surface area contributed by atoms with Gasteiger partial charge in [-0.25, -0.2) is 19.3 Å². The monoisotopic (exact) mass is 346 g/mol. The van der Waals surface area contributed by atoms with Crippen LogP contribution < -0.4 is 9.80 Å². The zero-order valence-corrected chi connectivity index (χ0v) is 13.9. The van der Waals surface area contributed by atoms with Crippen LogP contribution in [0.15, 0.2) is 30.7 Å². The van der Waals surface area contributed by atoms with Crippen LogP contribution in [0.5, 0.6) is 0 Å². The summed E-state index contributed by atoms with van der Waals surface area (Å²) in [6, 6.07) is 7.10. The summed E-state index contributed by atoms with van der Waals surface area (Å²) in [6.45, 7) is 0.872. The van der Waals surface area contributed by atoms with Crippen molar-refractivity contribution in [1.82, 2.24) is 15.0 Å². The number of alkyl halides is 1. The highest BCUT2D eigenvalue weighted by Gasteiger charge is 2.33. The predicted molar refractivity (Wildman–Crippen MR) is 89.9 cm³/mol. The first-order valence-electron chi connectivity index (χ1n) is 7.53. The van der Waals surface area contributed by atoms with E-state index in [1.165, 1.54) is 6.33 Å². The molecule has 3 rings (SSSR count). The summed E-state index contributed by atoms with van der Waals surface area (Å²) in [4.78, 5) is 16.2. The summed E-state index contributed by atoms with van der Waals surface area (Å²) in [5.74, 6) is 1.34. The van der Waals surface area contributed by atoms with E-state index >= 15 is 0 Å². The van der Waals surface area contributed by atoms with Gasteiger partial charge in [0.2, 0.25) is 0 Å². The molecule has 1 aliphatic heterocycles. The zero-order chi connectivity index (χ0) is 17.1. The predicted octanol–water partition coefficient (Wildman–Crippen LogP) is 2.45. The van der Waals surface area contributed by atoms with Gasteiger partial charge in [-0.2, -0.15) is 5.26 Å². The first kappa shape index (κ1) is 16.4. The first-order valence-corrected chi connectivity index (χ1v) is 7.90. The highest BCUT2D eigenvalue weighted by molar-refractivity contribution is 6.31. The molecule has 24 heavy (non-hydrogen) atoms. The molecule has 1 fully saturated rings. The lowest BCUT2D eigenvalue weighted by atomic mass is 10.2. The summed E-state index contributed by atoms with van der Waals surface area (Å²) < 4.78 is 14.0. The molecule has 0 radical (unpaired) electrons. The molecule has 0 spiro atoms. The minimum absolute atomic E-state index is 0.0390. The van der Waals surface area contributed by atoms with Crippen LogP contribution in [0.2, 0.25) is 5.02 Å². The average molecular weight is 347 g/mol. The third-order valence-electron chi connectivity index (χ3n) is 4.04. The summed E-state index contributed by atoms with van der Waals surface area (Å²) in [7, 11) is 1.86. The number of nitriles is 1. The second-order valence-corrected chi connectivity index (χ2v) is 6.11. The molecule has 0 aromatic carbocycles. The lowest BCUT2D eigenvalue weighted by molar-refractivity contribution is 0.356. The van der Waals surface area contributed by atoms with Crippen molar-refractivity contribution in [3.63, 3.8) is 0 Å². The second kappa shape index (κ2) is 6.97. The summed E-state index contributed by atoms with van der Waals surface area (Å²) >= 11 is 5.92. The Labute approximate surface area is 144 Å². The number of hydrogen-bond acceptors (Lipinski definition) is 6. The van der Waals surface area contributed by atoms with Gasteiger partial charge in [-0.05, 0) is 18.2 Å². The van der Waals surface area contributed by atoms with Gasteiger partial charge in [0.15, 0.2) is 5.69 Å². The minimum Gasteiger partial charge on any atom is -0.358 e. The van der Waals surface area contributed by atoms with Crippen molar-refractivity contribution in [2.75, 3.05) is 29.9 Å². The van der Waals surface area contributed by atoms with Crippen molar-refractivity contribution in [2.24, 2.45) is 0 Å². The Balaban J connectivity index is 1.77. The number of aromatic nitrogens is 3. The molecule has 6 nitrogen and oxygen atoms in total. The maximum Gasteiger partial charge on any atom is 0.161 e. The van der Waals surface area contributed by atoms with Crippen molar-refractivity contribution in [1.29, 1.82) is 5.26 Å². The third kappa shape index (κ3) is 3.39. The fourth-order valence-corrected chi connectivity index (χ4v) is 3.05. The minimum atomic E-state index is -0.897. The number of rotatable bonds is 4. The van der Waals surface area contributed by atoms with Crippen molar-refractivity contribution >= 4 is 23.2 Å². The molecule has 0 unspecified atom stereocenters. The topological polar surface area (TPSA) is 68.9 Å². The second-order valence-electron chi connectivity index (χ2n) is 5.70. The van der Waals surface area contributed by atoms with Gasteiger partial charge in [-0.3, -0.25) is 0 Å². The van der Waals surface area contributed by atoms with E-state index in [1.54, 1.807) is 24.4 Å². The number of likely N-dealkylation sites (N-methyl/N-ethyl adjacent to an activating group) is 1. The van der Waals surface area contributed by atoms with Crippen LogP contribution in [0.1, 0.15) is 12.1 Å². The Hall–Kier alpha value is -2.46.